The van der Waals surface area contributed by atoms with Crippen molar-refractivity contribution >= 4 is 23.9 Å². The van der Waals surface area contributed by atoms with Gasteiger partial charge in [-0.05, 0) is 44.4 Å². The Labute approximate surface area is 274 Å². The number of carbonyl (C=O) groups is 4. The van der Waals surface area contributed by atoms with Crippen molar-refractivity contribution in [2.24, 2.45) is 34.5 Å². The highest BCUT2D eigenvalue weighted by Gasteiger charge is 2.90. The minimum atomic E-state index is -1.78. The normalized spacial score (nSPS) is 45.6. The van der Waals surface area contributed by atoms with Crippen LogP contribution >= 0.6 is 0 Å². The average molecular weight is 656 g/mol. The molecule has 5 aliphatic carbocycles. The molecule has 47 heavy (non-hydrogen) atoms. The van der Waals surface area contributed by atoms with E-state index in [-0.39, 0.29) is 43.5 Å². The monoisotopic (exact) mass is 655 g/mol. The zero-order valence-corrected chi connectivity index (χ0v) is 27.8. The molecule has 1 aromatic carbocycles. The summed E-state index contributed by atoms with van der Waals surface area (Å²) < 4.78 is 37.5. The third-order valence-electron chi connectivity index (χ3n) is 12.9. The number of esters is 4. The van der Waals surface area contributed by atoms with E-state index in [1.54, 1.807) is 44.6 Å². The van der Waals surface area contributed by atoms with E-state index in [9.17, 15) is 24.3 Å². The van der Waals surface area contributed by atoms with Crippen LogP contribution in [0.4, 0.5) is 0 Å². The van der Waals surface area contributed by atoms with Crippen molar-refractivity contribution in [3.63, 3.8) is 0 Å². The molecule has 13 atom stereocenters. The fourth-order valence-corrected chi connectivity index (χ4v) is 12.2. The van der Waals surface area contributed by atoms with Crippen LogP contribution in [0.3, 0.4) is 0 Å². The Hall–Kier alpha value is -3.06. The van der Waals surface area contributed by atoms with Gasteiger partial charge in [-0.1, -0.05) is 18.2 Å². The van der Waals surface area contributed by atoms with Crippen molar-refractivity contribution in [3.05, 3.63) is 35.9 Å². The number of piperidine rings is 1. The maximum absolute atomic E-state index is 13.8. The Balaban J connectivity index is 1.48. The Bertz CT molecular complexity index is 1470. The first-order valence-corrected chi connectivity index (χ1v) is 16.5. The Morgan fingerprint density at radius 1 is 0.915 bits per heavy atom. The van der Waals surface area contributed by atoms with E-state index in [0.717, 1.165) is 0 Å². The standard InChI is InChI=1S/C35H45NO11/c1-18(37)44-17-32-13-12-23(42-5)35-22-14-33(41)24(45-19(2)38)15-34(47-20(3)39,26(27(43-6)28(32)35)29(35)36(4)16-32)25(22)30(33)46-31(40)21-10-8-7-9-11-21/h7-11,22-30,41H,12-17H2,1-6H3/t22-,23+,24+,25-,26+,27+,28-,29?,30-,32+,33+,34-,35+/m1/s1. The van der Waals surface area contributed by atoms with Gasteiger partial charge in [-0.25, -0.2) is 4.79 Å². The van der Waals surface area contributed by atoms with Crippen LogP contribution in [-0.4, -0.2) is 110 Å². The summed E-state index contributed by atoms with van der Waals surface area (Å²) in [5, 5.41) is 12.8. The minimum absolute atomic E-state index is 0.00940. The molecular weight excluding hydrogens is 610 g/mol. The van der Waals surface area contributed by atoms with Crippen molar-refractivity contribution in [2.45, 2.75) is 88.1 Å². The summed E-state index contributed by atoms with van der Waals surface area (Å²) in [7, 11) is 5.39. The number of aliphatic hydroxyl groups is 1. The first kappa shape index (κ1) is 32.5. The van der Waals surface area contributed by atoms with Crippen LogP contribution in [0.5, 0.6) is 0 Å². The molecule has 0 radical (unpaired) electrons. The highest BCUT2D eigenvalue weighted by Crippen LogP contribution is 2.80. The fraction of sp³-hybridized carbons (Fsp3) is 0.714. The van der Waals surface area contributed by atoms with E-state index in [2.05, 4.69) is 4.90 Å². The summed E-state index contributed by atoms with van der Waals surface area (Å²) in [5.74, 6) is -3.94. The van der Waals surface area contributed by atoms with Gasteiger partial charge < -0.3 is 38.4 Å². The number of methoxy groups -OCH3 is 2. The number of hydrogen-bond donors (Lipinski definition) is 1. The summed E-state index contributed by atoms with van der Waals surface area (Å²) in [4.78, 5) is 54.1. The third kappa shape index (κ3) is 4.20. The molecule has 12 nitrogen and oxygen atoms in total. The zero-order chi connectivity index (χ0) is 33.7. The molecule has 5 saturated carbocycles. The van der Waals surface area contributed by atoms with Gasteiger partial charge in [0.25, 0.3) is 0 Å². The van der Waals surface area contributed by atoms with Gasteiger partial charge >= 0.3 is 23.9 Å². The Morgan fingerprint density at radius 2 is 1.64 bits per heavy atom. The second kappa shape index (κ2) is 11.0. The molecule has 256 valence electrons. The summed E-state index contributed by atoms with van der Waals surface area (Å²) in [6.07, 6.45) is -1.60. The van der Waals surface area contributed by atoms with E-state index in [4.69, 9.17) is 28.4 Å². The molecule has 7 bridgehead atoms. The van der Waals surface area contributed by atoms with Gasteiger partial charge in [0, 0.05) is 82.6 Å². The van der Waals surface area contributed by atoms with Crippen LogP contribution < -0.4 is 0 Å². The van der Waals surface area contributed by atoms with E-state index >= 15 is 0 Å². The van der Waals surface area contributed by atoms with Crippen LogP contribution in [0.1, 0.15) is 56.8 Å². The van der Waals surface area contributed by atoms with Crippen molar-refractivity contribution in [1.82, 2.24) is 4.90 Å². The van der Waals surface area contributed by atoms with Crippen molar-refractivity contribution in [3.8, 4) is 0 Å². The molecular formula is C35H45NO11. The fourth-order valence-electron chi connectivity index (χ4n) is 12.2. The molecule has 6 fully saturated rings. The van der Waals surface area contributed by atoms with Crippen LogP contribution in [0.15, 0.2) is 30.3 Å². The van der Waals surface area contributed by atoms with Crippen LogP contribution in [-0.2, 0) is 42.8 Å². The van der Waals surface area contributed by atoms with E-state index < -0.39 is 76.0 Å². The van der Waals surface area contributed by atoms with Gasteiger partial charge in [0.1, 0.15) is 23.4 Å². The van der Waals surface area contributed by atoms with Crippen LogP contribution in [0, 0.1) is 34.5 Å². The van der Waals surface area contributed by atoms with Crippen molar-refractivity contribution in [1.29, 1.82) is 0 Å². The molecule has 1 aromatic rings. The number of nitrogens with zero attached hydrogens (tertiary/aromatic N) is 1. The lowest BCUT2D eigenvalue weighted by molar-refractivity contribution is -0.284. The maximum atomic E-state index is 13.8. The van der Waals surface area contributed by atoms with Crippen LogP contribution in [0.2, 0.25) is 0 Å². The van der Waals surface area contributed by atoms with Gasteiger partial charge in [-0.2, -0.15) is 0 Å². The van der Waals surface area contributed by atoms with Gasteiger partial charge in [0.2, 0.25) is 0 Å². The number of rotatable bonds is 8. The third-order valence-corrected chi connectivity index (χ3v) is 12.9. The number of carbonyl (C=O) groups excluding carboxylic acids is 4. The second-order valence-corrected chi connectivity index (χ2v) is 14.8. The predicted molar refractivity (Wildman–Crippen MR) is 163 cm³/mol. The molecule has 1 N–H and O–H groups in total. The Kier molecular flexibility index (Phi) is 7.59. The first-order valence-electron chi connectivity index (χ1n) is 16.5. The molecule has 0 amide bonds. The minimum Gasteiger partial charge on any atom is -0.465 e. The van der Waals surface area contributed by atoms with E-state index in [0.29, 0.717) is 24.9 Å². The average Bonchev–Trinajstić information content (AvgIpc) is 3.41. The van der Waals surface area contributed by atoms with E-state index in [1.165, 1.54) is 20.8 Å². The van der Waals surface area contributed by atoms with Crippen LogP contribution in [0.25, 0.3) is 0 Å². The number of ether oxygens (including phenoxy) is 6. The lowest BCUT2D eigenvalue weighted by Gasteiger charge is -2.68. The Morgan fingerprint density at radius 3 is 2.26 bits per heavy atom. The largest absolute Gasteiger partial charge is 0.465 e. The second-order valence-electron chi connectivity index (χ2n) is 14.8. The topological polar surface area (TPSA) is 147 Å². The van der Waals surface area contributed by atoms with Crippen molar-refractivity contribution in [2.75, 3.05) is 34.4 Å². The highest BCUT2D eigenvalue weighted by atomic mass is 16.6. The van der Waals surface area contributed by atoms with Gasteiger partial charge in [0.05, 0.1) is 24.4 Å². The molecule has 1 aliphatic heterocycles. The van der Waals surface area contributed by atoms with Gasteiger partial charge in [0.15, 0.2) is 0 Å². The number of likely N-dealkylation sites (tertiary alicyclic amines) is 1. The quantitative estimate of drug-likeness (QED) is 0.323. The smallest absolute Gasteiger partial charge is 0.338 e. The molecule has 1 spiro atoms. The lowest BCUT2D eigenvalue weighted by atomic mass is 9.43. The highest BCUT2D eigenvalue weighted by molar-refractivity contribution is 5.89. The molecule has 0 aromatic heterocycles. The number of benzene rings is 1. The molecule has 12 heteroatoms. The first-order chi connectivity index (χ1) is 22.3. The molecule has 1 heterocycles. The maximum Gasteiger partial charge on any atom is 0.338 e. The molecule has 6 aliphatic rings. The zero-order valence-electron chi connectivity index (χ0n) is 27.8. The lowest BCUT2D eigenvalue weighted by Crippen LogP contribution is -2.77. The summed E-state index contributed by atoms with van der Waals surface area (Å²) in [6.45, 7) is 4.82. The van der Waals surface area contributed by atoms with Gasteiger partial charge in [-0.3, -0.25) is 14.4 Å². The number of fused-ring (bicyclic) bond motifs is 2. The van der Waals surface area contributed by atoms with E-state index in [1.807, 2.05) is 7.05 Å². The SMILES string of the molecule is CO[C@H]1[C@H]2C3N(C)C[C@]4(COC(C)=O)CC[C@H](OC)[C@@]3([C@@H]3C[C@]5(O)[C@@H](OC(C)=O)C[C@@]2(OC(C)=O)[C@H]3[C@H]5OC(=O)c2ccccc2)[C@H]14. The number of hydrogen-bond acceptors (Lipinski definition) is 12. The molecule has 7 rings (SSSR count). The molecule has 1 saturated heterocycles. The predicted octanol–water partition coefficient (Wildman–Crippen LogP) is 2.15. The summed E-state index contributed by atoms with van der Waals surface area (Å²) in [6, 6.07) is 8.28. The van der Waals surface area contributed by atoms with Gasteiger partial charge in [-0.15, -0.1) is 0 Å². The summed E-state index contributed by atoms with van der Waals surface area (Å²) in [5.41, 5.74) is -4.04. The summed E-state index contributed by atoms with van der Waals surface area (Å²) >= 11 is 0. The van der Waals surface area contributed by atoms with Crippen molar-refractivity contribution < 1.29 is 52.7 Å². The molecule has 1 unspecified atom stereocenters.